The molecule has 2 bridgehead atoms. The molecule has 2 atom stereocenters. The van der Waals surface area contributed by atoms with Crippen molar-refractivity contribution < 1.29 is 9.90 Å². The van der Waals surface area contributed by atoms with Crippen molar-refractivity contribution in [3.63, 3.8) is 0 Å². The molecular weight excluding hydrogens is 142 g/mol. The summed E-state index contributed by atoms with van der Waals surface area (Å²) in [5.41, 5.74) is 4.54. The van der Waals surface area contributed by atoms with Crippen molar-refractivity contribution in [3.8, 4) is 0 Å². The van der Waals surface area contributed by atoms with E-state index in [-0.39, 0.29) is 11.7 Å². The zero-order valence-electron chi connectivity index (χ0n) is 6.21. The molecule has 2 aliphatic carbocycles. The Hall–Kier alpha value is -0.990. The maximum atomic E-state index is 11.0. The number of primary amides is 1. The Bertz CT molecular complexity index is 246. The summed E-state index contributed by atoms with van der Waals surface area (Å²) in [6, 6.07) is 0. The van der Waals surface area contributed by atoms with Gasteiger partial charge in [-0.2, -0.15) is 0 Å². The van der Waals surface area contributed by atoms with Crippen LogP contribution in [0.1, 0.15) is 19.3 Å². The Morgan fingerprint density at radius 1 is 1.82 bits per heavy atom. The Labute approximate surface area is 64.9 Å². The van der Waals surface area contributed by atoms with Crippen molar-refractivity contribution in [1.29, 1.82) is 0 Å². The summed E-state index contributed by atoms with van der Waals surface area (Å²) in [6.07, 6.45) is 4.23. The lowest BCUT2D eigenvalue weighted by Gasteiger charge is -2.21. The number of aliphatic hydroxyl groups excluding tert-OH is 1. The largest absolute Gasteiger partial charge is 0.512 e. The maximum Gasteiger partial charge on any atom is 0.231 e. The average Bonchev–Trinajstić information content (AvgIpc) is 2.43. The van der Waals surface area contributed by atoms with Crippen LogP contribution in [0, 0.1) is 11.3 Å². The minimum Gasteiger partial charge on any atom is -0.512 e. The molecule has 60 valence electrons. The van der Waals surface area contributed by atoms with Crippen molar-refractivity contribution in [2.75, 3.05) is 0 Å². The molecule has 3 heteroatoms. The fraction of sp³-hybridized carbons (Fsp3) is 0.625. The summed E-state index contributed by atoms with van der Waals surface area (Å²) in [4.78, 5) is 11.0. The highest BCUT2D eigenvalue weighted by Crippen LogP contribution is 2.52. The van der Waals surface area contributed by atoms with Crippen molar-refractivity contribution in [2.45, 2.75) is 19.3 Å². The number of hydrogen-bond donors (Lipinski definition) is 2. The second kappa shape index (κ2) is 1.78. The van der Waals surface area contributed by atoms with Crippen molar-refractivity contribution in [3.05, 3.63) is 11.8 Å². The van der Waals surface area contributed by atoms with E-state index in [0.29, 0.717) is 5.92 Å². The van der Waals surface area contributed by atoms with Gasteiger partial charge in [0.1, 0.15) is 11.2 Å². The molecule has 0 spiro atoms. The molecule has 2 aliphatic rings. The molecule has 3 N–H and O–H groups in total. The molecular formula is C8H11NO2. The smallest absolute Gasteiger partial charge is 0.231 e. The fourth-order valence-electron chi connectivity index (χ4n) is 2.19. The minimum absolute atomic E-state index is 0.209. The van der Waals surface area contributed by atoms with Crippen LogP contribution in [0.25, 0.3) is 0 Å². The number of hydrogen-bond acceptors (Lipinski definition) is 2. The van der Waals surface area contributed by atoms with Gasteiger partial charge in [0, 0.05) is 0 Å². The Balaban J connectivity index is 2.40. The summed E-state index contributed by atoms with van der Waals surface area (Å²) in [6.45, 7) is 0. The number of allylic oxidation sites excluding steroid dienone is 1. The highest BCUT2D eigenvalue weighted by Gasteiger charge is 2.51. The number of fused-ring (bicyclic) bond motifs is 2. The third-order valence-electron chi connectivity index (χ3n) is 2.91. The molecule has 2 unspecified atom stereocenters. The van der Waals surface area contributed by atoms with E-state index in [1.54, 1.807) is 6.08 Å². The van der Waals surface area contributed by atoms with Gasteiger partial charge in [-0.3, -0.25) is 4.79 Å². The molecule has 0 saturated heterocycles. The van der Waals surface area contributed by atoms with Crippen LogP contribution < -0.4 is 5.73 Å². The number of rotatable bonds is 1. The van der Waals surface area contributed by atoms with Crippen LogP contribution in [0.2, 0.25) is 0 Å². The maximum absolute atomic E-state index is 11.0. The van der Waals surface area contributed by atoms with E-state index < -0.39 is 5.41 Å². The Morgan fingerprint density at radius 2 is 2.55 bits per heavy atom. The van der Waals surface area contributed by atoms with E-state index in [1.807, 2.05) is 0 Å². The number of amides is 1. The van der Waals surface area contributed by atoms with Gasteiger partial charge in [0.2, 0.25) is 5.91 Å². The monoisotopic (exact) mass is 153 g/mol. The summed E-state index contributed by atoms with van der Waals surface area (Å²) in [7, 11) is 0. The highest BCUT2D eigenvalue weighted by atomic mass is 16.3. The quantitative estimate of drug-likeness (QED) is 0.582. The number of carbonyl (C=O) groups is 1. The van der Waals surface area contributed by atoms with E-state index in [2.05, 4.69) is 0 Å². The van der Waals surface area contributed by atoms with Crippen molar-refractivity contribution >= 4 is 5.91 Å². The van der Waals surface area contributed by atoms with E-state index in [4.69, 9.17) is 5.73 Å². The Morgan fingerprint density at radius 3 is 2.82 bits per heavy atom. The van der Waals surface area contributed by atoms with Gasteiger partial charge in [0.15, 0.2) is 0 Å². The van der Waals surface area contributed by atoms with Gasteiger partial charge in [-0.25, -0.2) is 0 Å². The van der Waals surface area contributed by atoms with E-state index in [9.17, 15) is 9.90 Å². The SMILES string of the molecule is NC(=O)C12CCC(C=C1O)C2. The Kier molecular flexibility index (Phi) is 1.09. The minimum atomic E-state index is -0.676. The van der Waals surface area contributed by atoms with E-state index in [0.717, 1.165) is 19.3 Å². The molecule has 3 nitrogen and oxygen atoms in total. The van der Waals surface area contributed by atoms with Crippen LogP contribution in [0.4, 0.5) is 0 Å². The van der Waals surface area contributed by atoms with Crippen LogP contribution >= 0.6 is 0 Å². The molecule has 0 aromatic carbocycles. The van der Waals surface area contributed by atoms with Gasteiger partial charge in [-0.1, -0.05) is 0 Å². The standard InChI is InChI=1S/C8H11NO2/c9-7(11)8-2-1-5(4-8)3-6(8)10/h3,5,10H,1-2,4H2,(H2,9,11). The molecule has 11 heavy (non-hydrogen) atoms. The number of aliphatic hydroxyl groups is 1. The molecule has 0 aromatic rings. The second-order valence-electron chi connectivity index (χ2n) is 3.50. The first kappa shape index (κ1) is 6.70. The fourth-order valence-corrected chi connectivity index (χ4v) is 2.19. The number of nitrogens with two attached hydrogens (primary N) is 1. The lowest BCUT2D eigenvalue weighted by molar-refractivity contribution is -0.126. The van der Waals surface area contributed by atoms with Gasteiger partial charge in [0.25, 0.3) is 0 Å². The molecule has 1 saturated carbocycles. The first-order chi connectivity index (χ1) is 5.15. The number of carbonyl (C=O) groups excluding carboxylic acids is 1. The topological polar surface area (TPSA) is 63.3 Å². The zero-order valence-corrected chi connectivity index (χ0v) is 6.21. The average molecular weight is 153 g/mol. The second-order valence-corrected chi connectivity index (χ2v) is 3.50. The molecule has 1 amide bonds. The van der Waals surface area contributed by atoms with Gasteiger partial charge in [0.05, 0.1) is 0 Å². The zero-order chi connectivity index (χ0) is 8.06. The van der Waals surface area contributed by atoms with Gasteiger partial charge in [-0.05, 0) is 31.3 Å². The molecule has 0 aliphatic heterocycles. The predicted octanol–water partition coefficient (Wildman–Crippen LogP) is 0.714. The van der Waals surface area contributed by atoms with Crippen LogP contribution in [0.15, 0.2) is 11.8 Å². The lowest BCUT2D eigenvalue weighted by Crippen LogP contribution is -2.35. The summed E-state index contributed by atoms with van der Waals surface area (Å²) in [5, 5.41) is 9.40. The van der Waals surface area contributed by atoms with E-state index >= 15 is 0 Å². The van der Waals surface area contributed by atoms with Crippen LogP contribution in [0.3, 0.4) is 0 Å². The molecule has 0 radical (unpaired) electrons. The third-order valence-corrected chi connectivity index (χ3v) is 2.91. The van der Waals surface area contributed by atoms with Crippen LogP contribution in [0.5, 0.6) is 0 Å². The first-order valence-electron chi connectivity index (χ1n) is 3.86. The van der Waals surface area contributed by atoms with Crippen LogP contribution in [-0.4, -0.2) is 11.0 Å². The molecule has 0 heterocycles. The first-order valence-corrected chi connectivity index (χ1v) is 3.86. The third kappa shape index (κ3) is 0.654. The normalized spacial score (nSPS) is 40.7. The van der Waals surface area contributed by atoms with Gasteiger partial charge >= 0.3 is 0 Å². The molecule has 2 rings (SSSR count). The van der Waals surface area contributed by atoms with Crippen molar-refractivity contribution in [2.24, 2.45) is 17.1 Å². The summed E-state index contributed by atoms with van der Waals surface area (Å²) >= 11 is 0. The summed E-state index contributed by atoms with van der Waals surface area (Å²) in [5.74, 6) is 0.231. The van der Waals surface area contributed by atoms with E-state index in [1.165, 1.54) is 0 Å². The van der Waals surface area contributed by atoms with Gasteiger partial charge < -0.3 is 10.8 Å². The summed E-state index contributed by atoms with van der Waals surface area (Å²) < 4.78 is 0. The predicted molar refractivity (Wildman–Crippen MR) is 39.7 cm³/mol. The lowest BCUT2D eigenvalue weighted by atomic mass is 9.85. The molecule has 0 aromatic heterocycles. The van der Waals surface area contributed by atoms with Crippen LogP contribution in [-0.2, 0) is 4.79 Å². The highest BCUT2D eigenvalue weighted by molar-refractivity contribution is 5.85. The molecule has 1 fully saturated rings. The van der Waals surface area contributed by atoms with Gasteiger partial charge in [-0.15, -0.1) is 0 Å². The van der Waals surface area contributed by atoms with Crippen molar-refractivity contribution in [1.82, 2.24) is 0 Å².